The number of carbonyl (C=O) groups excluding carboxylic acids is 1. The number of benzene rings is 2. The molecule has 0 aliphatic rings. The molecule has 0 saturated heterocycles. The van der Waals surface area contributed by atoms with Crippen LogP contribution in [0.5, 0.6) is 0 Å². The number of anilines is 2. The Bertz CT molecular complexity index is 963. The predicted molar refractivity (Wildman–Crippen MR) is 109 cm³/mol. The van der Waals surface area contributed by atoms with Crippen molar-refractivity contribution < 1.29 is 4.79 Å². The first-order valence-electron chi connectivity index (χ1n) is 8.16. The monoisotopic (exact) mass is 386 g/mol. The van der Waals surface area contributed by atoms with Crippen molar-refractivity contribution in [2.45, 2.75) is 24.3 Å². The molecule has 0 aliphatic heterocycles. The van der Waals surface area contributed by atoms with Crippen LogP contribution in [0, 0.1) is 6.92 Å². The first-order valence-corrected chi connectivity index (χ1v) is 9.42. The third-order valence-corrected chi connectivity index (χ3v) is 5.12. The molecular weight excluding hydrogens is 368 g/mol. The Labute approximate surface area is 161 Å². The van der Waals surface area contributed by atoms with E-state index in [0.717, 1.165) is 22.3 Å². The van der Waals surface area contributed by atoms with Crippen LogP contribution in [0.25, 0.3) is 10.9 Å². The van der Waals surface area contributed by atoms with Crippen molar-refractivity contribution in [2.75, 3.05) is 17.7 Å². The van der Waals surface area contributed by atoms with Crippen molar-refractivity contribution in [3.8, 4) is 0 Å². The number of thioether (sulfide) groups is 1. The average Bonchev–Trinajstić information content (AvgIpc) is 2.63. The molecule has 3 rings (SSSR count). The Hall–Kier alpha value is -2.31. The molecule has 5 nitrogen and oxygen atoms in total. The molecule has 3 aromatic rings. The maximum atomic E-state index is 12.6. The van der Waals surface area contributed by atoms with E-state index in [0.29, 0.717) is 15.9 Å². The minimum Gasteiger partial charge on any atom is -0.372 e. The van der Waals surface area contributed by atoms with Crippen molar-refractivity contribution in [1.29, 1.82) is 0 Å². The number of aryl methyl sites for hydroxylation is 1. The van der Waals surface area contributed by atoms with Gasteiger partial charge in [-0.05, 0) is 43.7 Å². The SMILES string of the molecule is CNc1nc(S[C@@H](C)C(=O)Nc2cc(Cl)ccc2C)nc2ccccc12. The lowest BCUT2D eigenvalue weighted by Crippen LogP contribution is -2.23. The number of para-hydroxylation sites is 1. The number of nitrogens with zero attached hydrogens (tertiary/aromatic N) is 2. The second-order valence-corrected chi connectivity index (χ2v) is 7.57. The zero-order valence-electron chi connectivity index (χ0n) is 14.7. The number of amides is 1. The normalized spacial score (nSPS) is 12.0. The number of nitrogens with one attached hydrogen (secondary N) is 2. The molecule has 0 spiro atoms. The highest BCUT2D eigenvalue weighted by Gasteiger charge is 2.18. The van der Waals surface area contributed by atoms with Crippen molar-refractivity contribution in [2.24, 2.45) is 0 Å². The number of halogens is 1. The summed E-state index contributed by atoms with van der Waals surface area (Å²) in [5.74, 6) is 0.625. The second kappa shape index (κ2) is 7.93. The van der Waals surface area contributed by atoms with Crippen LogP contribution >= 0.6 is 23.4 Å². The van der Waals surface area contributed by atoms with Gasteiger partial charge in [0.2, 0.25) is 5.91 Å². The molecule has 0 saturated carbocycles. The first kappa shape index (κ1) is 18.5. The van der Waals surface area contributed by atoms with E-state index in [1.54, 1.807) is 12.1 Å². The van der Waals surface area contributed by atoms with Gasteiger partial charge in [-0.15, -0.1) is 0 Å². The van der Waals surface area contributed by atoms with E-state index in [-0.39, 0.29) is 11.2 Å². The Balaban J connectivity index is 1.79. The van der Waals surface area contributed by atoms with E-state index in [4.69, 9.17) is 11.6 Å². The highest BCUT2D eigenvalue weighted by atomic mass is 35.5. The summed E-state index contributed by atoms with van der Waals surface area (Å²) < 4.78 is 0. The fourth-order valence-corrected chi connectivity index (χ4v) is 3.42. The molecule has 0 radical (unpaired) electrons. The Morgan fingerprint density at radius 2 is 1.96 bits per heavy atom. The molecule has 1 amide bonds. The lowest BCUT2D eigenvalue weighted by atomic mass is 10.2. The summed E-state index contributed by atoms with van der Waals surface area (Å²) in [7, 11) is 1.82. The summed E-state index contributed by atoms with van der Waals surface area (Å²) in [4.78, 5) is 21.6. The van der Waals surface area contributed by atoms with E-state index in [1.807, 2.05) is 51.2 Å². The third kappa shape index (κ3) is 4.08. The zero-order valence-corrected chi connectivity index (χ0v) is 16.3. The van der Waals surface area contributed by atoms with Gasteiger partial charge in [-0.1, -0.05) is 41.6 Å². The Morgan fingerprint density at radius 1 is 1.19 bits per heavy atom. The quantitative estimate of drug-likeness (QED) is 0.489. The highest BCUT2D eigenvalue weighted by molar-refractivity contribution is 8.00. The van der Waals surface area contributed by atoms with Crippen LogP contribution in [0.15, 0.2) is 47.6 Å². The highest BCUT2D eigenvalue weighted by Crippen LogP contribution is 2.27. The molecule has 2 aromatic carbocycles. The molecule has 2 N–H and O–H groups in total. The van der Waals surface area contributed by atoms with Gasteiger partial charge in [0.25, 0.3) is 0 Å². The van der Waals surface area contributed by atoms with E-state index < -0.39 is 0 Å². The van der Waals surface area contributed by atoms with Gasteiger partial charge in [0.1, 0.15) is 5.82 Å². The van der Waals surface area contributed by atoms with Crippen LogP contribution in [0.1, 0.15) is 12.5 Å². The van der Waals surface area contributed by atoms with Crippen molar-refractivity contribution in [3.63, 3.8) is 0 Å². The van der Waals surface area contributed by atoms with Gasteiger partial charge in [0, 0.05) is 23.1 Å². The molecule has 0 aliphatic carbocycles. The van der Waals surface area contributed by atoms with Gasteiger partial charge in [-0.2, -0.15) is 0 Å². The van der Waals surface area contributed by atoms with Crippen LogP contribution < -0.4 is 10.6 Å². The van der Waals surface area contributed by atoms with Crippen LogP contribution in [0.4, 0.5) is 11.5 Å². The lowest BCUT2D eigenvalue weighted by Gasteiger charge is -2.14. The Kier molecular flexibility index (Phi) is 5.64. The maximum absolute atomic E-state index is 12.6. The summed E-state index contributed by atoms with van der Waals surface area (Å²) in [5, 5.41) is 7.74. The standard InChI is InChI=1S/C19H19ClN4OS/c1-11-8-9-13(20)10-16(11)22-18(25)12(2)26-19-23-15-7-5-4-6-14(15)17(21-3)24-19/h4-10,12H,1-3H3,(H,22,25)(H,21,23,24)/t12-/m0/s1. The summed E-state index contributed by atoms with van der Waals surface area (Å²) in [6.45, 7) is 3.76. The van der Waals surface area contributed by atoms with E-state index >= 15 is 0 Å². The molecule has 1 atom stereocenters. The van der Waals surface area contributed by atoms with Gasteiger partial charge < -0.3 is 10.6 Å². The fraction of sp³-hybridized carbons (Fsp3) is 0.211. The number of aromatic nitrogens is 2. The topological polar surface area (TPSA) is 66.9 Å². The molecule has 1 aromatic heterocycles. The van der Waals surface area contributed by atoms with Gasteiger partial charge in [-0.25, -0.2) is 9.97 Å². The van der Waals surface area contributed by atoms with Crippen LogP contribution in [-0.2, 0) is 4.79 Å². The van der Waals surface area contributed by atoms with E-state index in [1.165, 1.54) is 11.8 Å². The average molecular weight is 387 g/mol. The summed E-state index contributed by atoms with van der Waals surface area (Å²) in [6, 6.07) is 13.2. The number of carbonyl (C=O) groups is 1. The van der Waals surface area contributed by atoms with Gasteiger partial charge in [0.15, 0.2) is 5.16 Å². The lowest BCUT2D eigenvalue weighted by molar-refractivity contribution is -0.115. The van der Waals surface area contributed by atoms with Gasteiger partial charge in [0.05, 0.1) is 10.8 Å². The molecule has 26 heavy (non-hydrogen) atoms. The van der Waals surface area contributed by atoms with Gasteiger partial charge >= 0.3 is 0 Å². The second-order valence-electron chi connectivity index (χ2n) is 5.83. The van der Waals surface area contributed by atoms with Crippen LogP contribution in [-0.4, -0.2) is 28.2 Å². The maximum Gasteiger partial charge on any atom is 0.237 e. The largest absolute Gasteiger partial charge is 0.372 e. The number of rotatable bonds is 5. The van der Waals surface area contributed by atoms with Gasteiger partial charge in [-0.3, -0.25) is 4.79 Å². The van der Waals surface area contributed by atoms with Crippen LogP contribution in [0.3, 0.4) is 0 Å². The summed E-state index contributed by atoms with van der Waals surface area (Å²) in [5.41, 5.74) is 2.51. The fourth-order valence-electron chi connectivity index (χ4n) is 2.47. The minimum absolute atomic E-state index is 0.122. The number of hydrogen-bond donors (Lipinski definition) is 2. The molecule has 0 bridgehead atoms. The molecular formula is C19H19ClN4OS. The zero-order chi connectivity index (χ0) is 18.7. The summed E-state index contributed by atoms with van der Waals surface area (Å²) in [6.07, 6.45) is 0. The van der Waals surface area contributed by atoms with Crippen molar-refractivity contribution >= 4 is 51.7 Å². The third-order valence-electron chi connectivity index (χ3n) is 3.93. The first-order chi connectivity index (χ1) is 12.5. The van der Waals surface area contributed by atoms with Crippen molar-refractivity contribution in [1.82, 2.24) is 9.97 Å². The van der Waals surface area contributed by atoms with E-state index in [9.17, 15) is 4.79 Å². The molecule has 1 heterocycles. The molecule has 7 heteroatoms. The number of hydrogen-bond acceptors (Lipinski definition) is 5. The van der Waals surface area contributed by atoms with Crippen molar-refractivity contribution in [3.05, 3.63) is 53.1 Å². The molecule has 134 valence electrons. The Morgan fingerprint density at radius 3 is 2.73 bits per heavy atom. The smallest absolute Gasteiger partial charge is 0.237 e. The summed E-state index contributed by atoms with van der Waals surface area (Å²) >= 11 is 7.33. The van der Waals surface area contributed by atoms with E-state index in [2.05, 4.69) is 20.6 Å². The molecule has 0 unspecified atom stereocenters. The minimum atomic E-state index is -0.362. The van der Waals surface area contributed by atoms with Crippen LogP contribution in [0.2, 0.25) is 5.02 Å². The number of fused-ring (bicyclic) bond motifs is 1. The predicted octanol–water partition coefficient (Wildman–Crippen LogP) is 4.75. The molecule has 0 fully saturated rings.